The molecule has 0 aromatic heterocycles. The maximum absolute atomic E-state index is 13.9. The van der Waals surface area contributed by atoms with E-state index in [0.717, 1.165) is 37.3 Å². The van der Waals surface area contributed by atoms with Crippen molar-refractivity contribution in [2.75, 3.05) is 24.5 Å². The average molecular weight is 250 g/mol. The molecule has 100 valence electrons. The number of nitrogens with one attached hydrogen (secondary N) is 1. The molecule has 1 aromatic rings. The van der Waals surface area contributed by atoms with E-state index in [1.807, 2.05) is 19.1 Å². The van der Waals surface area contributed by atoms with Gasteiger partial charge in [0.1, 0.15) is 5.82 Å². The summed E-state index contributed by atoms with van der Waals surface area (Å²) in [5.41, 5.74) is 1.88. The van der Waals surface area contributed by atoms with Crippen molar-refractivity contribution in [1.29, 1.82) is 0 Å². The highest BCUT2D eigenvalue weighted by molar-refractivity contribution is 5.50. The van der Waals surface area contributed by atoms with E-state index < -0.39 is 0 Å². The van der Waals surface area contributed by atoms with E-state index in [-0.39, 0.29) is 5.82 Å². The molecule has 1 saturated heterocycles. The van der Waals surface area contributed by atoms with Crippen LogP contribution >= 0.6 is 0 Å². The van der Waals surface area contributed by atoms with E-state index in [9.17, 15) is 4.39 Å². The summed E-state index contributed by atoms with van der Waals surface area (Å²) in [6.45, 7) is 9.26. The van der Waals surface area contributed by atoms with Crippen LogP contribution in [-0.4, -0.2) is 25.7 Å². The maximum atomic E-state index is 13.9. The van der Waals surface area contributed by atoms with Crippen LogP contribution in [0.4, 0.5) is 10.1 Å². The van der Waals surface area contributed by atoms with Crippen molar-refractivity contribution >= 4 is 5.69 Å². The van der Waals surface area contributed by atoms with Crippen molar-refractivity contribution in [2.24, 2.45) is 5.92 Å². The smallest absolute Gasteiger partial charge is 0.146 e. The van der Waals surface area contributed by atoms with E-state index in [1.54, 1.807) is 6.07 Å². The van der Waals surface area contributed by atoms with Gasteiger partial charge in [-0.2, -0.15) is 0 Å². The Balaban J connectivity index is 2.10. The molecule has 0 bridgehead atoms. The first-order valence-corrected chi connectivity index (χ1v) is 6.86. The Hall–Kier alpha value is -1.09. The lowest BCUT2D eigenvalue weighted by atomic mass is 9.93. The summed E-state index contributed by atoms with van der Waals surface area (Å²) in [4.78, 5) is 2.18. The van der Waals surface area contributed by atoms with E-state index in [1.165, 1.54) is 0 Å². The second-order valence-electron chi connectivity index (χ2n) is 5.33. The average Bonchev–Trinajstić information content (AvgIpc) is 2.35. The third-order valence-electron chi connectivity index (χ3n) is 3.81. The fourth-order valence-electron chi connectivity index (χ4n) is 2.79. The van der Waals surface area contributed by atoms with Gasteiger partial charge in [-0.15, -0.1) is 0 Å². The summed E-state index contributed by atoms with van der Waals surface area (Å²) in [5, 5.41) is 3.51. The summed E-state index contributed by atoms with van der Waals surface area (Å²) >= 11 is 0. The highest BCUT2D eigenvalue weighted by Gasteiger charge is 2.26. The maximum Gasteiger partial charge on any atom is 0.146 e. The lowest BCUT2D eigenvalue weighted by Crippen LogP contribution is -2.48. The van der Waals surface area contributed by atoms with Gasteiger partial charge in [0.25, 0.3) is 0 Å². The molecule has 1 N–H and O–H groups in total. The molecule has 1 fully saturated rings. The Bertz CT molecular complexity index is 405. The quantitative estimate of drug-likeness (QED) is 0.887. The molecule has 0 saturated carbocycles. The summed E-state index contributed by atoms with van der Waals surface area (Å²) in [6, 6.07) is 5.92. The molecule has 2 rings (SSSR count). The number of aryl methyl sites for hydroxylation is 1. The summed E-state index contributed by atoms with van der Waals surface area (Å²) in [7, 11) is 0. The number of benzene rings is 1. The predicted octanol–water partition coefficient (Wildman–Crippen LogP) is 2.96. The number of hydrogen-bond acceptors (Lipinski definition) is 2. The molecule has 0 aliphatic carbocycles. The molecule has 1 aliphatic heterocycles. The molecule has 3 heteroatoms. The van der Waals surface area contributed by atoms with Gasteiger partial charge in [-0.1, -0.05) is 19.9 Å². The minimum atomic E-state index is -0.102. The molecule has 0 spiro atoms. The van der Waals surface area contributed by atoms with Crippen LogP contribution in [-0.2, 0) is 0 Å². The number of nitrogens with zero attached hydrogens (tertiary/aromatic N) is 1. The third-order valence-corrected chi connectivity index (χ3v) is 3.81. The SMILES string of the molecule is CCNC1CCN(c2cc(C)ccc2F)CC1C. The van der Waals surface area contributed by atoms with Crippen molar-refractivity contribution < 1.29 is 4.39 Å². The monoisotopic (exact) mass is 250 g/mol. The van der Waals surface area contributed by atoms with Gasteiger partial charge in [0.2, 0.25) is 0 Å². The molecule has 2 unspecified atom stereocenters. The fraction of sp³-hybridized carbons (Fsp3) is 0.600. The highest BCUT2D eigenvalue weighted by atomic mass is 19.1. The molecular formula is C15H23FN2. The van der Waals surface area contributed by atoms with Gasteiger partial charge in [-0.25, -0.2) is 4.39 Å². The zero-order valence-electron chi connectivity index (χ0n) is 11.5. The van der Waals surface area contributed by atoms with Crippen LogP contribution in [0.1, 0.15) is 25.8 Å². The Morgan fingerprint density at radius 3 is 2.89 bits per heavy atom. The summed E-state index contributed by atoms with van der Waals surface area (Å²) < 4.78 is 13.9. The van der Waals surface area contributed by atoms with Gasteiger partial charge in [0.15, 0.2) is 0 Å². The first-order chi connectivity index (χ1) is 8.61. The van der Waals surface area contributed by atoms with E-state index in [2.05, 4.69) is 24.1 Å². The largest absolute Gasteiger partial charge is 0.369 e. The molecule has 1 aromatic carbocycles. The predicted molar refractivity (Wildman–Crippen MR) is 74.6 cm³/mol. The van der Waals surface area contributed by atoms with Crippen LogP contribution in [0.15, 0.2) is 18.2 Å². The molecule has 0 amide bonds. The van der Waals surface area contributed by atoms with Crippen LogP contribution in [0, 0.1) is 18.7 Å². The third kappa shape index (κ3) is 2.83. The van der Waals surface area contributed by atoms with Crippen molar-refractivity contribution in [3.63, 3.8) is 0 Å². The number of piperidine rings is 1. The molecule has 2 atom stereocenters. The van der Waals surface area contributed by atoms with Gasteiger partial charge in [-0.3, -0.25) is 0 Å². The van der Waals surface area contributed by atoms with Gasteiger partial charge in [0, 0.05) is 19.1 Å². The topological polar surface area (TPSA) is 15.3 Å². The zero-order chi connectivity index (χ0) is 13.1. The van der Waals surface area contributed by atoms with Crippen molar-refractivity contribution in [1.82, 2.24) is 5.32 Å². The lowest BCUT2D eigenvalue weighted by Gasteiger charge is -2.38. The van der Waals surface area contributed by atoms with Gasteiger partial charge in [-0.05, 0) is 43.5 Å². The van der Waals surface area contributed by atoms with Gasteiger partial charge >= 0.3 is 0 Å². The van der Waals surface area contributed by atoms with Gasteiger partial charge in [0.05, 0.1) is 5.69 Å². The lowest BCUT2D eigenvalue weighted by molar-refractivity contribution is 0.325. The number of hydrogen-bond donors (Lipinski definition) is 1. The fourth-order valence-corrected chi connectivity index (χ4v) is 2.79. The van der Waals surface area contributed by atoms with Crippen LogP contribution in [0.2, 0.25) is 0 Å². The van der Waals surface area contributed by atoms with Crippen molar-refractivity contribution in [3.8, 4) is 0 Å². The minimum Gasteiger partial charge on any atom is -0.369 e. The first kappa shape index (κ1) is 13.3. The number of anilines is 1. The number of halogens is 1. The standard InChI is InChI=1S/C15H23FN2/c1-4-17-14-7-8-18(10-12(14)3)15-9-11(2)5-6-13(15)16/h5-6,9,12,14,17H,4,7-8,10H2,1-3H3. The Morgan fingerprint density at radius 1 is 1.44 bits per heavy atom. The van der Waals surface area contributed by atoms with Crippen LogP contribution in [0.25, 0.3) is 0 Å². The van der Waals surface area contributed by atoms with E-state index >= 15 is 0 Å². The normalized spacial score (nSPS) is 24.3. The summed E-state index contributed by atoms with van der Waals surface area (Å²) in [6.07, 6.45) is 1.09. The first-order valence-electron chi connectivity index (χ1n) is 6.86. The number of rotatable bonds is 3. The van der Waals surface area contributed by atoms with E-state index in [4.69, 9.17) is 0 Å². The molecule has 1 aliphatic rings. The van der Waals surface area contributed by atoms with Crippen LogP contribution in [0.5, 0.6) is 0 Å². The Labute approximate surface area is 109 Å². The van der Waals surface area contributed by atoms with Crippen LogP contribution < -0.4 is 10.2 Å². The summed E-state index contributed by atoms with van der Waals surface area (Å²) in [5.74, 6) is 0.452. The zero-order valence-corrected chi connectivity index (χ0v) is 11.5. The molecular weight excluding hydrogens is 227 g/mol. The second-order valence-corrected chi connectivity index (χ2v) is 5.33. The van der Waals surface area contributed by atoms with Crippen LogP contribution in [0.3, 0.4) is 0 Å². The molecule has 0 radical (unpaired) electrons. The van der Waals surface area contributed by atoms with Gasteiger partial charge < -0.3 is 10.2 Å². The minimum absolute atomic E-state index is 0.102. The second kappa shape index (κ2) is 5.70. The van der Waals surface area contributed by atoms with E-state index in [0.29, 0.717) is 12.0 Å². The van der Waals surface area contributed by atoms with Crippen molar-refractivity contribution in [3.05, 3.63) is 29.6 Å². The Morgan fingerprint density at radius 2 is 2.22 bits per heavy atom. The molecule has 2 nitrogen and oxygen atoms in total. The molecule has 18 heavy (non-hydrogen) atoms. The Kier molecular flexibility index (Phi) is 4.23. The highest BCUT2D eigenvalue weighted by Crippen LogP contribution is 2.26. The molecule has 1 heterocycles. The van der Waals surface area contributed by atoms with Crippen molar-refractivity contribution in [2.45, 2.75) is 33.2 Å².